The number of rotatable bonds is 5. The van der Waals surface area contributed by atoms with Crippen LogP contribution in [-0.2, 0) is 16.6 Å². The molecule has 0 amide bonds. The molecule has 0 aliphatic heterocycles. The number of hydrogen-bond donors (Lipinski definition) is 0. The normalized spacial score (nSPS) is 12.1. The van der Waals surface area contributed by atoms with Gasteiger partial charge >= 0.3 is 10.0 Å². The number of aromatic nitrogens is 2. The summed E-state index contributed by atoms with van der Waals surface area (Å²) in [5.74, 6) is 0. The van der Waals surface area contributed by atoms with E-state index >= 15 is 0 Å². The second-order valence-electron chi connectivity index (χ2n) is 6.62. The third kappa shape index (κ3) is 3.27. The first kappa shape index (κ1) is 17.5. The van der Waals surface area contributed by atoms with Gasteiger partial charge in [-0.25, -0.2) is 3.97 Å². The lowest BCUT2D eigenvalue weighted by atomic mass is 10.2. The van der Waals surface area contributed by atoms with Crippen LogP contribution in [-0.4, -0.2) is 36.4 Å². The summed E-state index contributed by atoms with van der Waals surface area (Å²) in [5.41, 5.74) is 2.71. The van der Waals surface area contributed by atoms with Gasteiger partial charge in [0.1, 0.15) is 5.58 Å². The van der Waals surface area contributed by atoms with Gasteiger partial charge in [-0.15, -0.1) is 0 Å². The molecule has 4 rings (SSSR count). The maximum absolute atomic E-state index is 13.3. The van der Waals surface area contributed by atoms with Gasteiger partial charge in [-0.1, -0.05) is 18.2 Å². The Morgan fingerprint density at radius 2 is 1.93 bits per heavy atom. The van der Waals surface area contributed by atoms with Gasteiger partial charge in [-0.05, 0) is 43.9 Å². The highest BCUT2D eigenvalue weighted by Crippen LogP contribution is 2.30. The van der Waals surface area contributed by atoms with Crippen molar-refractivity contribution in [3.8, 4) is 11.3 Å². The lowest BCUT2D eigenvalue weighted by Gasteiger charge is -2.08. The molecule has 0 spiro atoms. The summed E-state index contributed by atoms with van der Waals surface area (Å²) in [5, 5.41) is 0.667. The fourth-order valence-electron chi connectivity index (χ4n) is 3.05. The summed E-state index contributed by atoms with van der Waals surface area (Å²) >= 11 is 0. The summed E-state index contributed by atoms with van der Waals surface area (Å²) in [4.78, 5) is 6.11. The summed E-state index contributed by atoms with van der Waals surface area (Å²) in [7, 11) is -0.0122. The molecule has 4 aromatic rings. The van der Waals surface area contributed by atoms with Gasteiger partial charge in [0.05, 0.1) is 5.69 Å². The molecule has 0 atom stereocenters. The number of pyridine rings is 1. The van der Waals surface area contributed by atoms with Crippen LogP contribution in [0.4, 0.5) is 0 Å². The third-order valence-electron chi connectivity index (χ3n) is 4.21. The van der Waals surface area contributed by atoms with Crippen LogP contribution in [0.5, 0.6) is 0 Å². The molecule has 27 heavy (non-hydrogen) atoms. The number of para-hydroxylation sites is 1. The predicted molar refractivity (Wildman–Crippen MR) is 104 cm³/mol. The Morgan fingerprint density at radius 1 is 1.11 bits per heavy atom. The highest BCUT2D eigenvalue weighted by atomic mass is 32.2. The van der Waals surface area contributed by atoms with Crippen molar-refractivity contribution in [1.29, 1.82) is 0 Å². The van der Waals surface area contributed by atoms with Crippen LogP contribution in [0.2, 0.25) is 0 Å². The predicted octanol–water partition coefficient (Wildman–Crippen LogP) is 3.59. The van der Waals surface area contributed by atoms with E-state index in [1.54, 1.807) is 36.8 Å². The number of hydrogen-bond acceptors (Lipinski definition) is 5. The Morgan fingerprint density at radius 3 is 2.63 bits per heavy atom. The van der Waals surface area contributed by atoms with Crippen LogP contribution in [0, 0.1) is 0 Å². The quantitative estimate of drug-likeness (QED) is 0.528. The minimum atomic E-state index is -3.89. The zero-order valence-corrected chi connectivity index (χ0v) is 15.8. The Bertz CT molecular complexity index is 1160. The summed E-state index contributed by atoms with van der Waals surface area (Å²) in [6.45, 7) is 0.621. The van der Waals surface area contributed by atoms with Crippen molar-refractivity contribution in [3.05, 3.63) is 72.7 Å². The average Bonchev–Trinajstić information content (AvgIpc) is 3.27. The van der Waals surface area contributed by atoms with Gasteiger partial charge in [0.2, 0.25) is 5.09 Å². The number of furan rings is 1. The largest absolute Gasteiger partial charge is 0.443 e. The number of nitrogens with zero attached hydrogens (tertiary/aromatic N) is 3. The molecule has 138 valence electrons. The molecule has 0 saturated heterocycles. The second-order valence-corrected chi connectivity index (χ2v) is 8.36. The first-order chi connectivity index (χ1) is 12.9. The first-order valence-corrected chi connectivity index (χ1v) is 9.90. The zero-order valence-electron chi connectivity index (χ0n) is 15.0. The van der Waals surface area contributed by atoms with Crippen molar-refractivity contribution in [2.75, 3.05) is 14.1 Å². The SMILES string of the molecule is CN(C)Cc1cc(-c2cccnc2)n(S(=O)(=O)c2cc3ccccc3o2)c1. The van der Waals surface area contributed by atoms with Crippen LogP contribution in [0.25, 0.3) is 22.2 Å². The molecule has 0 unspecified atom stereocenters. The van der Waals surface area contributed by atoms with E-state index in [2.05, 4.69) is 4.98 Å². The molecular weight excluding hydrogens is 362 g/mol. The van der Waals surface area contributed by atoms with Crippen molar-refractivity contribution < 1.29 is 12.8 Å². The maximum Gasteiger partial charge on any atom is 0.301 e. The van der Waals surface area contributed by atoms with E-state index < -0.39 is 10.0 Å². The summed E-state index contributed by atoms with van der Waals surface area (Å²) in [6, 6.07) is 14.3. The minimum absolute atomic E-state index is 0.0826. The lowest BCUT2D eigenvalue weighted by molar-refractivity contribution is 0.402. The van der Waals surface area contributed by atoms with Crippen molar-refractivity contribution in [1.82, 2.24) is 13.9 Å². The standard InChI is InChI=1S/C20H19N3O3S/c1-22(2)13-15-10-18(17-7-5-9-21-12-17)23(14-15)27(24,25)20-11-16-6-3-4-8-19(16)26-20/h3-12,14H,13H2,1-2H3. The molecule has 0 aliphatic rings. The Hall–Kier alpha value is -2.90. The first-order valence-electron chi connectivity index (χ1n) is 8.46. The van der Waals surface area contributed by atoms with Gasteiger partial charge in [-0.2, -0.15) is 8.42 Å². The van der Waals surface area contributed by atoms with Crippen LogP contribution < -0.4 is 0 Å². The minimum Gasteiger partial charge on any atom is -0.443 e. The average molecular weight is 381 g/mol. The molecular formula is C20H19N3O3S. The van der Waals surface area contributed by atoms with E-state index in [0.29, 0.717) is 17.8 Å². The molecule has 0 radical (unpaired) electrons. The van der Waals surface area contributed by atoms with Crippen LogP contribution in [0.1, 0.15) is 5.56 Å². The van der Waals surface area contributed by atoms with Crippen molar-refractivity contribution in [2.24, 2.45) is 0 Å². The van der Waals surface area contributed by atoms with E-state index in [0.717, 1.165) is 16.5 Å². The highest BCUT2D eigenvalue weighted by molar-refractivity contribution is 7.89. The van der Waals surface area contributed by atoms with Crippen LogP contribution >= 0.6 is 0 Å². The number of benzene rings is 1. The van der Waals surface area contributed by atoms with Crippen molar-refractivity contribution in [2.45, 2.75) is 11.6 Å². The monoisotopic (exact) mass is 381 g/mol. The second kappa shape index (κ2) is 6.68. The van der Waals surface area contributed by atoms with Crippen molar-refractivity contribution in [3.63, 3.8) is 0 Å². The fourth-order valence-corrected chi connectivity index (χ4v) is 4.41. The van der Waals surface area contributed by atoms with Crippen molar-refractivity contribution >= 4 is 21.0 Å². The molecule has 0 fully saturated rings. The Kier molecular flexibility index (Phi) is 4.33. The smallest absolute Gasteiger partial charge is 0.301 e. The zero-order chi connectivity index (χ0) is 19.0. The van der Waals surface area contributed by atoms with E-state index in [1.807, 2.05) is 49.3 Å². The van der Waals surface area contributed by atoms with Gasteiger partial charge in [0.25, 0.3) is 0 Å². The lowest BCUT2D eigenvalue weighted by Crippen LogP contribution is -2.13. The molecule has 1 aromatic carbocycles. The van der Waals surface area contributed by atoms with E-state index in [1.165, 1.54) is 3.97 Å². The van der Waals surface area contributed by atoms with Crippen LogP contribution in [0.3, 0.4) is 0 Å². The van der Waals surface area contributed by atoms with Gasteiger partial charge in [0.15, 0.2) is 0 Å². The molecule has 0 N–H and O–H groups in total. The molecule has 3 aromatic heterocycles. The molecule has 6 nitrogen and oxygen atoms in total. The number of fused-ring (bicyclic) bond motifs is 1. The molecule has 7 heteroatoms. The van der Waals surface area contributed by atoms with Gasteiger partial charge < -0.3 is 9.32 Å². The van der Waals surface area contributed by atoms with E-state index in [9.17, 15) is 8.42 Å². The maximum atomic E-state index is 13.3. The highest BCUT2D eigenvalue weighted by Gasteiger charge is 2.25. The Labute approximate surface area is 157 Å². The van der Waals surface area contributed by atoms with Gasteiger partial charge in [0, 0.05) is 42.2 Å². The fraction of sp³-hybridized carbons (Fsp3) is 0.150. The van der Waals surface area contributed by atoms with Gasteiger partial charge in [-0.3, -0.25) is 4.98 Å². The summed E-state index contributed by atoms with van der Waals surface area (Å²) < 4.78 is 33.6. The van der Waals surface area contributed by atoms with E-state index in [4.69, 9.17) is 4.42 Å². The topological polar surface area (TPSA) is 68.3 Å². The van der Waals surface area contributed by atoms with E-state index in [-0.39, 0.29) is 5.09 Å². The molecule has 0 aliphatic carbocycles. The van der Waals surface area contributed by atoms with Crippen LogP contribution in [0.15, 0.2) is 76.6 Å². The Balaban J connectivity index is 1.89. The molecule has 0 saturated carbocycles. The third-order valence-corrected chi connectivity index (χ3v) is 5.74. The molecule has 0 bridgehead atoms. The summed E-state index contributed by atoms with van der Waals surface area (Å²) in [6.07, 6.45) is 4.95. The molecule has 3 heterocycles.